The Kier molecular flexibility index (Phi) is 8.43. The summed E-state index contributed by atoms with van der Waals surface area (Å²) in [6.07, 6.45) is 0.785. The van der Waals surface area contributed by atoms with Crippen LogP contribution in [-0.2, 0) is 9.59 Å². The number of hydrogen-bond donors (Lipinski definition) is 2. The van der Waals surface area contributed by atoms with E-state index in [-0.39, 0.29) is 24.7 Å². The Morgan fingerprint density at radius 3 is 1.59 bits per heavy atom. The van der Waals surface area contributed by atoms with Gasteiger partial charge in [0.15, 0.2) is 0 Å². The molecule has 144 valence electrons. The van der Waals surface area contributed by atoms with Crippen LogP contribution in [-0.4, -0.2) is 23.2 Å². The predicted molar refractivity (Wildman–Crippen MR) is 113 cm³/mol. The molecule has 10 heteroatoms. The van der Waals surface area contributed by atoms with Crippen LogP contribution in [0, 0.1) is 0 Å². The molecule has 2 heterocycles. The zero-order valence-electron chi connectivity index (χ0n) is 14.7. The van der Waals surface area contributed by atoms with Crippen LogP contribution in [0.1, 0.15) is 42.9 Å². The molecule has 2 aromatic heterocycles. The number of halogens is 2. The fourth-order valence-corrected chi connectivity index (χ4v) is 3.92. The summed E-state index contributed by atoms with van der Waals surface area (Å²) >= 11 is 14.5. The molecule has 0 aliphatic rings. The number of carbonyl (C=O) groups is 2. The summed E-state index contributed by atoms with van der Waals surface area (Å²) < 4.78 is 1.33. The van der Waals surface area contributed by atoms with Gasteiger partial charge in [0, 0.05) is 12.8 Å². The summed E-state index contributed by atoms with van der Waals surface area (Å²) in [5, 5.41) is 8.07. The Balaban J connectivity index is 1.69. The zero-order chi connectivity index (χ0) is 19.8. The van der Waals surface area contributed by atoms with Gasteiger partial charge in [-0.3, -0.25) is 9.59 Å². The van der Waals surface area contributed by atoms with Crippen LogP contribution in [0.4, 0.5) is 0 Å². The second-order valence-electron chi connectivity index (χ2n) is 5.53. The van der Waals surface area contributed by atoms with Gasteiger partial charge in [-0.15, -0.1) is 22.7 Å². The lowest BCUT2D eigenvalue weighted by Gasteiger charge is -2.02. The molecule has 0 saturated carbocycles. The number of carbonyl (C=O) groups excluding carboxylic acids is 2. The zero-order valence-corrected chi connectivity index (χ0v) is 17.9. The first-order chi connectivity index (χ1) is 12.8. The Morgan fingerprint density at radius 2 is 1.26 bits per heavy atom. The minimum absolute atomic E-state index is 0.193. The molecule has 0 unspecified atom stereocenters. The third-order valence-electron chi connectivity index (χ3n) is 3.36. The summed E-state index contributed by atoms with van der Waals surface area (Å²) in [6, 6.07) is 7.24. The van der Waals surface area contributed by atoms with Gasteiger partial charge in [-0.1, -0.05) is 23.2 Å². The number of hydrogen-bond acceptors (Lipinski definition) is 6. The van der Waals surface area contributed by atoms with E-state index in [1.165, 1.54) is 22.7 Å². The average molecular weight is 445 g/mol. The average Bonchev–Trinajstić information content (AvgIpc) is 3.26. The Bertz CT molecular complexity index is 804. The second-order valence-corrected chi connectivity index (χ2v) is 8.96. The maximum atomic E-state index is 11.8. The first-order valence-electron chi connectivity index (χ1n) is 8.03. The predicted octanol–water partition coefficient (Wildman–Crippen LogP) is 4.67. The largest absolute Gasteiger partial charge is 0.273 e. The highest BCUT2D eigenvalue weighted by Crippen LogP contribution is 2.22. The lowest BCUT2D eigenvalue weighted by atomic mass is 10.2. The van der Waals surface area contributed by atoms with E-state index in [0.29, 0.717) is 26.5 Å². The molecule has 0 aromatic carbocycles. The van der Waals surface area contributed by atoms with E-state index in [9.17, 15) is 9.59 Å². The SMILES string of the molecule is C/C(=N\NC(=O)CCCC(=O)N/N=C(\C)c1ccc(Cl)s1)c1ccc(Cl)s1. The summed E-state index contributed by atoms with van der Waals surface area (Å²) in [7, 11) is 0. The molecule has 0 atom stereocenters. The molecule has 0 fully saturated rings. The normalized spacial score (nSPS) is 12.1. The number of amides is 2. The van der Waals surface area contributed by atoms with Crippen LogP contribution in [0.3, 0.4) is 0 Å². The van der Waals surface area contributed by atoms with Crippen LogP contribution in [0.15, 0.2) is 34.5 Å². The molecule has 27 heavy (non-hydrogen) atoms. The summed E-state index contributed by atoms with van der Waals surface area (Å²) in [5.41, 5.74) is 6.31. The number of rotatable bonds is 8. The lowest BCUT2D eigenvalue weighted by Crippen LogP contribution is -2.21. The molecular formula is C17H18Cl2N4O2S2. The number of nitrogens with one attached hydrogen (secondary N) is 2. The van der Waals surface area contributed by atoms with Gasteiger partial charge in [0.2, 0.25) is 11.8 Å². The molecular weight excluding hydrogens is 427 g/mol. The van der Waals surface area contributed by atoms with Crippen molar-refractivity contribution in [3.05, 3.63) is 42.7 Å². The molecule has 2 amide bonds. The van der Waals surface area contributed by atoms with Crippen molar-refractivity contribution >= 4 is 69.1 Å². The third-order valence-corrected chi connectivity index (χ3v) is 6.04. The van der Waals surface area contributed by atoms with E-state index in [1.807, 2.05) is 12.1 Å². The van der Waals surface area contributed by atoms with E-state index in [0.717, 1.165) is 9.75 Å². The van der Waals surface area contributed by atoms with E-state index in [4.69, 9.17) is 23.2 Å². The summed E-state index contributed by atoms with van der Waals surface area (Å²) in [5.74, 6) is -0.504. The molecule has 2 rings (SSSR count). The number of thiophene rings is 2. The fourth-order valence-electron chi connectivity index (χ4n) is 1.94. The van der Waals surface area contributed by atoms with E-state index >= 15 is 0 Å². The fraction of sp³-hybridized carbons (Fsp3) is 0.294. The summed E-state index contributed by atoms with van der Waals surface area (Å²) in [6.45, 7) is 3.58. The van der Waals surface area contributed by atoms with Crippen LogP contribution in [0.2, 0.25) is 8.67 Å². The molecule has 2 N–H and O–H groups in total. The van der Waals surface area contributed by atoms with E-state index < -0.39 is 0 Å². The van der Waals surface area contributed by atoms with Crippen molar-refractivity contribution in [1.29, 1.82) is 0 Å². The second kappa shape index (κ2) is 10.6. The van der Waals surface area contributed by atoms with Crippen molar-refractivity contribution in [2.75, 3.05) is 0 Å². The highest BCUT2D eigenvalue weighted by Gasteiger charge is 2.07. The standard InChI is InChI=1S/C17H18Cl2N4O2S2/c1-10(12-6-8-14(18)26-12)20-22-16(24)4-3-5-17(25)23-21-11(2)13-7-9-15(19)27-13/h6-9H,3-5H2,1-2H3,(H,22,24)(H,23,25)/b20-10+,21-11+. The smallest absolute Gasteiger partial charge is 0.240 e. The minimum Gasteiger partial charge on any atom is -0.273 e. The molecule has 0 aliphatic carbocycles. The monoisotopic (exact) mass is 444 g/mol. The van der Waals surface area contributed by atoms with Gasteiger partial charge >= 0.3 is 0 Å². The van der Waals surface area contributed by atoms with Gasteiger partial charge in [-0.05, 0) is 44.5 Å². The van der Waals surface area contributed by atoms with Crippen LogP contribution in [0.25, 0.3) is 0 Å². The quantitative estimate of drug-likeness (QED) is 0.457. The maximum absolute atomic E-state index is 11.8. The van der Waals surface area contributed by atoms with Crippen molar-refractivity contribution in [2.24, 2.45) is 10.2 Å². The van der Waals surface area contributed by atoms with Gasteiger partial charge in [0.25, 0.3) is 0 Å². The molecule has 0 aliphatic heterocycles. The first-order valence-corrected chi connectivity index (χ1v) is 10.4. The van der Waals surface area contributed by atoms with Crippen molar-refractivity contribution in [3.63, 3.8) is 0 Å². The van der Waals surface area contributed by atoms with Crippen molar-refractivity contribution in [2.45, 2.75) is 33.1 Å². The first kappa shape index (κ1) is 21.6. The molecule has 0 bridgehead atoms. The molecule has 0 spiro atoms. The topological polar surface area (TPSA) is 82.9 Å². The van der Waals surface area contributed by atoms with Gasteiger partial charge < -0.3 is 0 Å². The van der Waals surface area contributed by atoms with Gasteiger partial charge in [0.1, 0.15) is 0 Å². The van der Waals surface area contributed by atoms with Crippen LogP contribution < -0.4 is 10.9 Å². The maximum Gasteiger partial charge on any atom is 0.240 e. The van der Waals surface area contributed by atoms with Crippen LogP contribution >= 0.6 is 45.9 Å². The number of nitrogens with zero attached hydrogens (tertiary/aromatic N) is 2. The molecule has 0 radical (unpaired) electrons. The van der Waals surface area contributed by atoms with Gasteiger partial charge in [-0.25, -0.2) is 10.9 Å². The Hall–Kier alpha value is -1.74. The van der Waals surface area contributed by atoms with Crippen LogP contribution in [0.5, 0.6) is 0 Å². The lowest BCUT2D eigenvalue weighted by molar-refractivity contribution is -0.122. The Morgan fingerprint density at radius 1 is 0.852 bits per heavy atom. The Labute approximate surface area is 175 Å². The highest BCUT2D eigenvalue weighted by atomic mass is 35.5. The van der Waals surface area contributed by atoms with E-state index in [2.05, 4.69) is 21.1 Å². The number of hydrazone groups is 2. The summed E-state index contributed by atoms with van der Waals surface area (Å²) in [4.78, 5) is 25.4. The van der Waals surface area contributed by atoms with Crippen molar-refractivity contribution in [3.8, 4) is 0 Å². The van der Waals surface area contributed by atoms with Gasteiger partial charge in [-0.2, -0.15) is 10.2 Å². The molecule has 2 aromatic rings. The van der Waals surface area contributed by atoms with Crippen molar-refractivity contribution in [1.82, 2.24) is 10.9 Å². The minimum atomic E-state index is -0.252. The molecule has 6 nitrogen and oxygen atoms in total. The third kappa shape index (κ3) is 7.42. The van der Waals surface area contributed by atoms with Crippen molar-refractivity contribution < 1.29 is 9.59 Å². The molecule has 0 saturated heterocycles. The van der Waals surface area contributed by atoms with Gasteiger partial charge in [0.05, 0.1) is 29.9 Å². The van der Waals surface area contributed by atoms with E-state index in [1.54, 1.807) is 26.0 Å². The highest BCUT2D eigenvalue weighted by molar-refractivity contribution is 7.18.